The van der Waals surface area contributed by atoms with Crippen molar-refractivity contribution in [2.24, 2.45) is 0 Å². The first kappa shape index (κ1) is 17.2. The van der Waals surface area contributed by atoms with Gasteiger partial charge in [0.05, 0.1) is 5.69 Å². The van der Waals surface area contributed by atoms with Gasteiger partial charge in [-0.3, -0.25) is 0 Å². The Morgan fingerprint density at radius 1 is 1.00 bits per heavy atom. The van der Waals surface area contributed by atoms with Crippen LogP contribution in [0.25, 0.3) is 0 Å². The summed E-state index contributed by atoms with van der Waals surface area (Å²) in [6, 6.07) is 5.02. The summed E-state index contributed by atoms with van der Waals surface area (Å²) in [7, 11) is 1.76. The molecule has 1 aliphatic heterocycles. The molecule has 0 radical (unpaired) electrons. The van der Waals surface area contributed by atoms with Gasteiger partial charge in [-0.05, 0) is 56.9 Å². The Morgan fingerprint density at radius 3 is 2.08 bits per heavy atom. The number of hydrogen-bond donors (Lipinski definition) is 0. The molecule has 0 N–H and O–H groups in total. The monoisotopic (exact) mass is 341 g/mol. The fourth-order valence-corrected chi connectivity index (χ4v) is 3.64. The van der Waals surface area contributed by atoms with Gasteiger partial charge in [0, 0.05) is 18.8 Å². The summed E-state index contributed by atoms with van der Waals surface area (Å²) in [6.07, 6.45) is -0.198. The summed E-state index contributed by atoms with van der Waals surface area (Å²) in [4.78, 5) is 3.72. The molecule has 0 spiro atoms. The molecule has 0 amide bonds. The number of aryl methyl sites for hydroxylation is 2. The number of anilines is 3. The smallest absolute Gasteiger partial charge is 0.169 e. The normalized spacial score (nSPS) is 16.2. The first-order valence-corrected chi connectivity index (χ1v) is 8.22. The van der Waals surface area contributed by atoms with E-state index < -0.39 is 17.2 Å². The lowest BCUT2D eigenvalue weighted by molar-refractivity contribution is 0.577. The van der Waals surface area contributed by atoms with E-state index in [1.807, 2.05) is 39.5 Å². The topological polar surface area (TPSA) is 30.3 Å². The highest BCUT2D eigenvalue weighted by Gasteiger charge is 2.37. The minimum atomic E-state index is -0.828. The average Bonchev–Trinajstić information content (AvgIpc) is 2.78. The molecule has 0 saturated heterocycles. The molecule has 0 unspecified atom stereocenters. The second-order valence-corrected chi connectivity index (χ2v) is 6.75. The molecule has 0 aliphatic carbocycles. The van der Waals surface area contributed by atoms with E-state index in [0.29, 0.717) is 5.69 Å². The quantitative estimate of drug-likeness (QED) is 0.731. The van der Waals surface area contributed by atoms with Crippen LogP contribution in [0, 0.1) is 50.7 Å². The lowest BCUT2D eigenvalue weighted by Gasteiger charge is -2.31. The molecule has 5 heteroatoms. The van der Waals surface area contributed by atoms with Crippen LogP contribution in [-0.2, 0) is 0 Å². The van der Waals surface area contributed by atoms with Crippen LogP contribution >= 0.6 is 0 Å². The zero-order valence-corrected chi connectivity index (χ0v) is 15.3. The highest BCUT2D eigenvalue weighted by molar-refractivity contribution is 5.87. The summed E-state index contributed by atoms with van der Waals surface area (Å²) < 4.78 is 29.1. The molecule has 130 valence electrons. The minimum absolute atomic E-state index is 0.198. The largest absolute Gasteiger partial charge is 0.350 e. The van der Waals surface area contributed by atoms with E-state index in [0.717, 1.165) is 27.9 Å². The summed E-state index contributed by atoms with van der Waals surface area (Å²) in [6.45, 7) is 10.1. The summed E-state index contributed by atoms with van der Waals surface area (Å²) in [5, 5.41) is 9.06. The van der Waals surface area contributed by atoms with Crippen LogP contribution < -0.4 is 9.80 Å². The van der Waals surface area contributed by atoms with Crippen molar-refractivity contribution < 1.29 is 8.78 Å². The van der Waals surface area contributed by atoms with Crippen LogP contribution in [0.15, 0.2) is 12.1 Å². The first-order chi connectivity index (χ1) is 11.7. The summed E-state index contributed by atoms with van der Waals surface area (Å²) in [5.41, 5.74) is 5.60. The van der Waals surface area contributed by atoms with E-state index in [2.05, 4.69) is 6.07 Å². The lowest BCUT2D eigenvalue weighted by atomic mass is 9.97. The van der Waals surface area contributed by atoms with Gasteiger partial charge in [0.2, 0.25) is 0 Å². The van der Waals surface area contributed by atoms with Crippen molar-refractivity contribution in [2.45, 2.75) is 40.8 Å². The van der Waals surface area contributed by atoms with Crippen molar-refractivity contribution in [3.8, 4) is 6.07 Å². The molecule has 2 aromatic carbocycles. The third-order valence-corrected chi connectivity index (χ3v) is 5.40. The van der Waals surface area contributed by atoms with Gasteiger partial charge in [-0.25, -0.2) is 8.78 Å². The highest BCUT2D eigenvalue weighted by atomic mass is 19.1. The number of rotatable bonds is 1. The molecular weight excluding hydrogens is 320 g/mol. The minimum Gasteiger partial charge on any atom is -0.350 e. The van der Waals surface area contributed by atoms with Crippen LogP contribution in [0.1, 0.15) is 34.7 Å². The second-order valence-electron chi connectivity index (χ2n) is 6.75. The van der Waals surface area contributed by atoms with Crippen LogP contribution in [0.5, 0.6) is 0 Å². The molecular formula is C20H21F2N3. The van der Waals surface area contributed by atoms with Gasteiger partial charge in [0.25, 0.3) is 0 Å². The van der Waals surface area contributed by atoms with E-state index in [-0.39, 0.29) is 11.9 Å². The van der Waals surface area contributed by atoms with E-state index in [1.165, 1.54) is 6.07 Å². The van der Waals surface area contributed by atoms with Crippen LogP contribution in [-0.4, -0.2) is 13.2 Å². The molecule has 0 fully saturated rings. The van der Waals surface area contributed by atoms with E-state index >= 15 is 0 Å². The summed E-state index contributed by atoms with van der Waals surface area (Å²) in [5.74, 6) is -1.63. The fraction of sp³-hybridized carbons (Fsp3) is 0.350. The number of nitrogens with zero attached hydrogens (tertiary/aromatic N) is 3. The van der Waals surface area contributed by atoms with Gasteiger partial charge in [-0.1, -0.05) is 6.07 Å². The predicted molar refractivity (Wildman–Crippen MR) is 96.5 cm³/mol. The second kappa shape index (κ2) is 5.73. The van der Waals surface area contributed by atoms with Crippen LogP contribution in [0.4, 0.5) is 25.8 Å². The Balaban J connectivity index is 2.36. The Kier molecular flexibility index (Phi) is 3.95. The number of nitriles is 1. The van der Waals surface area contributed by atoms with Gasteiger partial charge in [-0.2, -0.15) is 5.26 Å². The SMILES string of the molecule is Cc1cc(C)c(C)c(N2c3cc(F)c(C#N)c(F)c3N(C)[C@@H]2C)c1C. The summed E-state index contributed by atoms with van der Waals surface area (Å²) >= 11 is 0. The Bertz CT molecular complexity index is 902. The first-order valence-electron chi connectivity index (χ1n) is 8.22. The third kappa shape index (κ3) is 2.28. The van der Waals surface area contributed by atoms with E-state index in [4.69, 9.17) is 5.26 Å². The number of benzene rings is 2. The van der Waals surface area contributed by atoms with E-state index in [9.17, 15) is 8.78 Å². The Hall–Kier alpha value is -2.61. The molecule has 2 aromatic rings. The van der Waals surface area contributed by atoms with Crippen molar-refractivity contribution in [1.82, 2.24) is 0 Å². The Labute approximate surface area is 147 Å². The maximum Gasteiger partial charge on any atom is 0.169 e. The zero-order chi connectivity index (χ0) is 18.6. The molecule has 0 saturated carbocycles. The molecule has 1 atom stereocenters. The van der Waals surface area contributed by atoms with Gasteiger partial charge in [0.15, 0.2) is 5.82 Å². The zero-order valence-electron chi connectivity index (χ0n) is 15.3. The highest BCUT2D eigenvalue weighted by Crippen LogP contribution is 2.48. The van der Waals surface area contributed by atoms with Gasteiger partial charge in [-0.15, -0.1) is 0 Å². The fourth-order valence-electron chi connectivity index (χ4n) is 3.64. The molecule has 3 rings (SSSR count). The van der Waals surface area contributed by atoms with Crippen molar-refractivity contribution in [3.05, 3.63) is 51.6 Å². The number of halogens is 2. The van der Waals surface area contributed by atoms with E-state index in [1.54, 1.807) is 18.0 Å². The molecule has 3 nitrogen and oxygen atoms in total. The maximum absolute atomic E-state index is 14.8. The van der Waals surface area contributed by atoms with Crippen molar-refractivity contribution in [1.29, 1.82) is 5.26 Å². The van der Waals surface area contributed by atoms with Crippen LogP contribution in [0.2, 0.25) is 0 Å². The van der Waals surface area contributed by atoms with Gasteiger partial charge in [0.1, 0.15) is 29.3 Å². The average molecular weight is 341 g/mol. The standard InChI is InChI=1S/C20H21F2N3/c1-10-7-11(2)13(4)19(12(10)3)25-14(5)24(6)20-17(25)8-16(21)15(9-23)18(20)22/h7-8,14H,1-6H3/t14-/m0/s1. The molecule has 0 bridgehead atoms. The number of hydrogen-bond acceptors (Lipinski definition) is 3. The predicted octanol–water partition coefficient (Wildman–Crippen LogP) is 5.00. The van der Waals surface area contributed by atoms with Crippen molar-refractivity contribution in [3.63, 3.8) is 0 Å². The van der Waals surface area contributed by atoms with Crippen LogP contribution in [0.3, 0.4) is 0 Å². The van der Waals surface area contributed by atoms with Gasteiger partial charge < -0.3 is 9.80 Å². The molecule has 25 heavy (non-hydrogen) atoms. The van der Waals surface area contributed by atoms with Crippen molar-refractivity contribution in [2.75, 3.05) is 16.8 Å². The molecule has 1 aliphatic rings. The van der Waals surface area contributed by atoms with Gasteiger partial charge >= 0.3 is 0 Å². The number of fused-ring (bicyclic) bond motifs is 1. The molecule has 0 aromatic heterocycles. The third-order valence-electron chi connectivity index (χ3n) is 5.40. The lowest BCUT2D eigenvalue weighted by Crippen LogP contribution is -2.36. The maximum atomic E-state index is 14.8. The Morgan fingerprint density at radius 2 is 1.56 bits per heavy atom. The van der Waals surface area contributed by atoms with Crippen molar-refractivity contribution >= 4 is 17.1 Å². The molecule has 1 heterocycles.